The van der Waals surface area contributed by atoms with Gasteiger partial charge < -0.3 is 0 Å². The SMILES string of the molecule is Cc1cccc(-n2nc(C(F)(F)F)c(Br)c2C)c1. The van der Waals surface area contributed by atoms with Gasteiger partial charge in [0.2, 0.25) is 0 Å². The highest BCUT2D eigenvalue weighted by Gasteiger charge is 2.38. The van der Waals surface area contributed by atoms with Gasteiger partial charge in [-0.2, -0.15) is 18.3 Å². The van der Waals surface area contributed by atoms with E-state index in [9.17, 15) is 13.2 Å². The van der Waals surface area contributed by atoms with E-state index in [0.29, 0.717) is 11.4 Å². The van der Waals surface area contributed by atoms with Crippen LogP contribution in [0.25, 0.3) is 5.69 Å². The molecule has 0 saturated heterocycles. The molecular formula is C12H10BrF3N2. The fourth-order valence-electron chi connectivity index (χ4n) is 1.68. The molecule has 18 heavy (non-hydrogen) atoms. The Morgan fingerprint density at radius 1 is 1.22 bits per heavy atom. The largest absolute Gasteiger partial charge is 0.436 e. The summed E-state index contributed by atoms with van der Waals surface area (Å²) in [4.78, 5) is 0. The van der Waals surface area contributed by atoms with Gasteiger partial charge in [-0.05, 0) is 47.5 Å². The molecule has 2 aromatic rings. The summed E-state index contributed by atoms with van der Waals surface area (Å²) in [7, 11) is 0. The maximum Gasteiger partial charge on any atom is 0.436 e. The van der Waals surface area contributed by atoms with E-state index in [1.165, 1.54) is 4.68 Å². The van der Waals surface area contributed by atoms with Gasteiger partial charge in [0, 0.05) is 0 Å². The lowest BCUT2D eigenvalue weighted by Gasteiger charge is -2.05. The van der Waals surface area contributed by atoms with Crippen LogP contribution in [0.5, 0.6) is 0 Å². The van der Waals surface area contributed by atoms with E-state index in [0.717, 1.165) is 5.56 Å². The highest BCUT2D eigenvalue weighted by atomic mass is 79.9. The zero-order chi connectivity index (χ0) is 13.5. The molecule has 0 aliphatic rings. The van der Waals surface area contributed by atoms with Crippen molar-refractivity contribution in [2.45, 2.75) is 20.0 Å². The first-order chi connectivity index (χ1) is 8.30. The average molecular weight is 319 g/mol. The van der Waals surface area contributed by atoms with Crippen LogP contribution in [0.2, 0.25) is 0 Å². The number of hydrogen-bond donors (Lipinski definition) is 0. The predicted molar refractivity (Wildman–Crippen MR) is 65.7 cm³/mol. The first-order valence-electron chi connectivity index (χ1n) is 5.20. The van der Waals surface area contributed by atoms with Gasteiger partial charge >= 0.3 is 6.18 Å². The van der Waals surface area contributed by atoms with Crippen LogP contribution in [0.15, 0.2) is 28.7 Å². The first-order valence-corrected chi connectivity index (χ1v) is 5.99. The predicted octanol–water partition coefficient (Wildman–Crippen LogP) is 4.27. The lowest BCUT2D eigenvalue weighted by Crippen LogP contribution is -2.08. The topological polar surface area (TPSA) is 17.8 Å². The fraction of sp³-hybridized carbons (Fsp3) is 0.250. The van der Waals surface area contributed by atoms with Gasteiger partial charge in [-0.3, -0.25) is 0 Å². The summed E-state index contributed by atoms with van der Waals surface area (Å²) in [6.07, 6.45) is -4.46. The van der Waals surface area contributed by atoms with E-state index in [1.54, 1.807) is 25.1 Å². The summed E-state index contributed by atoms with van der Waals surface area (Å²) < 4.78 is 39.5. The van der Waals surface area contributed by atoms with E-state index >= 15 is 0 Å². The van der Waals surface area contributed by atoms with Crippen molar-refractivity contribution < 1.29 is 13.2 Å². The maximum atomic E-state index is 12.7. The number of hydrogen-bond acceptors (Lipinski definition) is 1. The minimum Gasteiger partial charge on any atom is -0.236 e. The van der Waals surface area contributed by atoms with Gasteiger partial charge in [0.15, 0.2) is 5.69 Å². The van der Waals surface area contributed by atoms with Crippen LogP contribution in [0, 0.1) is 13.8 Å². The monoisotopic (exact) mass is 318 g/mol. The zero-order valence-corrected chi connectivity index (χ0v) is 11.3. The molecule has 0 radical (unpaired) electrons. The van der Waals surface area contributed by atoms with Crippen LogP contribution < -0.4 is 0 Å². The summed E-state index contributed by atoms with van der Waals surface area (Å²) in [6, 6.07) is 7.17. The Morgan fingerprint density at radius 2 is 1.89 bits per heavy atom. The number of benzene rings is 1. The molecular weight excluding hydrogens is 309 g/mol. The molecule has 2 rings (SSSR count). The second-order valence-electron chi connectivity index (χ2n) is 4.00. The van der Waals surface area contributed by atoms with E-state index < -0.39 is 11.9 Å². The Hall–Kier alpha value is -1.30. The van der Waals surface area contributed by atoms with Crippen LogP contribution >= 0.6 is 15.9 Å². The molecule has 96 valence electrons. The second kappa shape index (κ2) is 4.42. The van der Waals surface area contributed by atoms with Crippen molar-refractivity contribution in [2.75, 3.05) is 0 Å². The summed E-state index contributed by atoms with van der Waals surface area (Å²) in [6.45, 7) is 3.47. The van der Waals surface area contributed by atoms with Gasteiger partial charge in [0.1, 0.15) is 0 Å². The average Bonchev–Trinajstić information content (AvgIpc) is 2.55. The van der Waals surface area contributed by atoms with E-state index in [2.05, 4.69) is 21.0 Å². The molecule has 0 saturated carbocycles. The van der Waals surface area contributed by atoms with Gasteiger partial charge in [-0.1, -0.05) is 12.1 Å². The lowest BCUT2D eigenvalue weighted by atomic mass is 10.2. The third-order valence-corrected chi connectivity index (χ3v) is 3.51. The molecule has 0 aliphatic heterocycles. The van der Waals surface area contributed by atoms with Crippen LogP contribution in [-0.2, 0) is 6.18 Å². The molecule has 6 heteroatoms. The minimum atomic E-state index is -4.46. The standard InChI is InChI=1S/C12H10BrF3N2/c1-7-4-3-5-9(6-7)18-8(2)10(13)11(17-18)12(14,15)16/h3-6H,1-2H3. The van der Waals surface area contributed by atoms with E-state index in [1.807, 2.05) is 13.0 Å². The molecule has 1 aromatic heterocycles. The molecule has 0 bridgehead atoms. The number of aryl methyl sites for hydroxylation is 1. The normalized spacial score (nSPS) is 11.9. The Morgan fingerprint density at radius 3 is 2.39 bits per heavy atom. The molecule has 0 atom stereocenters. The van der Waals surface area contributed by atoms with Crippen molar-refractivity contribution in [2.24, 2.45) is 0 Å². The highest BCUT2D eigenvalue weighted by Crippen LogP contribution is 2.36. The molecule has 1 heterocycles. The van der Waals surface area contributed by atoms with E-state index in [4.69, 9.17) is 0 Å². The Bertz CT molecular complexity index is 587. The van der Waals surface area contributed by atoms with Gasteiger partial charge in [0.25, 0.3) is 0 Å². The van der Waals surface area contributed by atoms with Crippen LogP contribution in [0.3, 0.4) is 0 Å². The number of halogens is 4. The third-order valence-electron chi connectivity index (χ3n) is 2.56. The molecule has 0 N–H and O–H groups in total. The summed E-state index contributed by atoms with van der Waals surface area (Å²) in [5.41, 5.74) is 1.10. The molecule has 0 amide bonds. The van der Waals surface area contributed by atoms with Gasteiger partial charge in [0.05, 0.1) is 15.9 Å². The molecule has 1 aromatic carbocycles. The number of nitrogens with zero attached hydrogens (tertiary/aromatic N) is 2. The molecule has 0 unspecified atom stereocenters. The van der Waals surface area contributed by atoms with Crippen LogP contribution in [0.4, 0.5) is 13.2 Å². The Labute approximate surface area is 111 Å². The van der Waals surface area contributed by atoms with Crippen molar-refractivity contribution >= 4 is 15.9 Å². The lowest BCUT2D eigenvalue weighted by molar-refractivity contribution is -0.141. The van der Waals surface area contributed by atoms with Crippen LogP contribution in [-0.4, -0.2) is 9.78 Å². The quantitative estimate of drug-likeness (QED) is 0.767. The number of aromatic nitrogens is 2. The Kier molecular flexibility index (Phi) is 3.23. The van der Waals surface area contributed by atoms with Crippen molar-refractivity contribution in [1.82, 2.24) is 9.78 Å². The smallest absolute Gasteiger partial charge is 0.236 e. The van der Waals surface area contributed by atoms with Crippen molar-refractivity contribution in [3.8, 4) is 5.69 Å². The number of rotatable bonds is 1. The number of alkyl halides is 3. The van der Waals surface area contributed by atoms with Crippen molar-refractivity contribution in [3.63, 3.8) is 0 Å². The summed E-state index contributed by atoms with van der Waals surface area (Å²) in [5.74, 6) is 0. The molecule has 0 fully saturated rings. The molecule has 0 spiro atoms. The second-order valence-corrected chi connectivity index (χ2v) is 4.79. The third kappa shape index (κ3) is 2.29. The van der Waals surface area contributed by atoms with Gasteiger partial charge in [-0.25, -0.2) is 4.68 Å². The molecule has 2 nitrogen and oxygen atoms in total. The highest BCUT2D eigenvalue weighted by molar-refractivity contribution is 9.10. The maximum absolute atomic E-state index is 12.7. The first kappa shape index (κ1) is 13.1. The zero-order valence-electron chi connectivity index (χ0n) is 9.72. The van der Waals surface area contributed by atoms with Gasteiger partial charge in [-0.15, -0.1) is 0 Å². The fourth-order valence-corrected chi connectivity index (χ4v) is 2.15. The summed E-state index contributed by atoms with van der Waals surface area (Å²) >= 11 is 2.95. The van der Waals surface area contributed by atoms with Crippen molar-refractivity contribution in [1.29, 1.82) is 0 Å². The minimum absolute atomic E-state index is 0.0171. The van der Waals surface area contributed by atoms with Crippen LogP contribution in [0.1, 0.15) is 17.0 Å². The Balaban J connectivity index is 2.60. The van der Waals surface area contributed by atoms with Crippen molar-refractivity contribution in [3.05, 3.63) is 45.7 Å². The van der Waals surface area contributed by atoms with E-state index in [-0.39, 0.29) is 4.47 Å². The molecule has 0 aliphatic carbocycles. The summed E-state index contributed by atoms with van der Waals surface area (Å²) in [5, 5.41) is 3.64.